The molecular formula is C54H100N2O14. The molecule has 0 aromatic heterocycles. The predicted octanol–water partition coefficient (Wildman–Crippen LogP) is 11.8. The van der Waals surface area contributed by atoms with Gasteiger partial charge in [-0.25, -0.2) is 9.59 Å². The quantitative estimate of drug-likeness (QED) is 0.0318. The lowest BCUT2D eigenvalue weighted by atomic mass is 10.1. The summed E-state index contributed by atoms with van der Waals surface area (Å²) in [5, 5.41) is 0. The third-order valence-electron chi connectivity index (χ3n) is 12.1. The van der Waals surface area contributed by atoms with Gasteiger partial charge in [0.15, 0.2) is 0 Å². The molecule has 70 heavy (non-hydrogen) atoms. The zero-order valence-electron chi connectivity index (χ0n) is 45.0. The lowest BCUT2D eigenvalue weighted by Gasteiger charge is -2.26. The fourth-order valence-corrected chi connectivity index (χ4v) is 7.58. The third-order valence-corrected chi connectivity index (χ3v) is 12.1. The third kappa shape index (κ3) is 43.2. The summed E-state index contributed by atoms with van der Waals surface area (Å²) < 4.78 is 44.1. The minimum absolute atomic E-state index is 0.0212. The molecule has 410 valence electrons. The van der Waals surface area contributed by atoms with Crippen LogP contribution in [0.5, 0.6) is 0 Å². The zero-order chi connectivity index (χ0) is 51.7. The molecule has 0 aliphatic heterocycles. The topological polar surface area (TPSA) is 183 Å². The number of likely N-dealkylation sites (N-methyl/N-ethyl adjacent to an activating group) is 1. The van der Waals surface area contributed by atoms with Crippen molar-refractivity contribution in [3.05, 3.63) is 0 Å². The Labute approximate surface area is 423 Å². The number of carbonyl (C=O) groups is 6. The molecule has 16 heteroatoms. The summed E-state index contributed by atoms with van der Waals surface area (Å²) in [7, 11) is 0. The van der Waals surface area contributed by atoms with Crippen molar-refractivity contribution < 1.29 is 66.7 Å². The van der Waals surface area contributed by atoms with Crippen LogP contribution in [-0.4, -0.2) is 137 Å². The van der Waals surface area contributed by atoms with Gasteiger partial charge in [0.1, 0.15) is 25.4 Å². The summed E-state index contributed by atoms with van der Waals surface area (Å²) in [6.07, 6.45) is 17.7. The van der Waals surface area contributed by atoms with Crippen LogP contribution in [-0.2, 0) is 57.1 Å². The Balaban J connectivity index is 5.38. The van der Waals surface area contributed by atoms with Gasteiger partial charge in [-0.3, -0.25) is 24.1 Å². The van der Waals surface area contributed by atoms with E-state index >= 15 is 0 Å². The molecule has 0 aromatic carbocycles. The first kappa shape index (κ1) is 66.3. The van der Waals surface area contributed by atoms with E-state index in [-0.39, 0.29) is 62.8 Å². The zero-order valence-corrected chi connectivity index (χ0v) is 45.0. The van der Waals surface area contributed by atoms with Crippen LogP contribution in [0.2, 0.25) is 0 Å². The standard InChI is InChI=1S/C54H100N2O14/c1-7-13-17-21-41-63-49(57)33-25-29-47(30-26-34-50(58)64-42-22-18-14-8-2)69-53(61)67-45-39-56(38-37-55(11-5)12-6)40-46-68-54(62)70-48(31-27-35-51(59)65-43-23-19-15-9-3)32-28-36-52(60)66-44-24-20-16-10-4/h47-48H,7-46H2,1-6H3. The van der Waals surface area contributed by atoms with E-state index in [1.54, 1.807) is 0 Å². The number of ether oxygens (including phenoxy) is 8. The first-order valence-electron chi connectivity index (χ1n) is 27.7. The molecule has 0 saturated carbocycles. The molecule has 0 saturated heterocycles. The number of hydrogen-bond acceptors (Lipinski definition) is 16. The van der Waals surface area contributed by atoms with Crippen LogP contribution in [0, 0.1) is 0 Å². The summed E-state index contributed by atoms with van der Waals surface area (Å²) in [5.74, 6) is -1.13. The fourth-order valence-electron chi connectivity index (χ4n) is 7.58. The molecule has 0 amide bonds. The van der Waals surface area contributed by atoms with Crippen molar-refractivity contribution in [3.63, 3.8) is 0 Å². The summed E-state index contributed by atoms with van der Waals surface area (Å²) >= 11 is 0. The largest absolute Gasteiger partial charge is 0.508 e. The fraction of sp³-hybridized carbons (Fsp3) is 0.889. The maximum atomic E-state index is 13.0. The summed E-state index contributed by atoms with van der Waals surface area (Å²) in [6.45, 7) is 18.1. The Kier molecular flexibility index (Phi) is 46.4. The van der Waals surface area contributed by atoms with E-state index in [1.165, 1.54) is 0 Å². The van der Waals surface area contributed by atoms with Crippen LogP contribution < -0.4 is 0 Å². The minimum atomic E-state index is -0.836. The summed E-state index contributed by atoms with van der Waals surface area (Å²) in [5.41, 5.74) is 0. The SMILES string of the molecule is CCCCCCOC(=O)CCCC(CCCC(=O)OCCCCCC)OC(=O)OCCN(CCOC(=O)OC(CCCC(=O)OCCCCCC)CCCC(=O)OCCCCCC)CCN(CC)CC. The van der Waals surface area contributed by atoms with Gasteiger partial charge in [-0.1, -0.05) is 119 Å². The predicted molar refractivity (Wildman–Crippen MR) is 272 cm³/mol. The Morgan fingerprint density at radius 1 is 0.314 bits per heavy atom. The first-order chi connectivity index (χ1) is 34.0. The van der Waals surface area contributed by atoms with Gasteiger partial charge in [0.2, 0.25) is 0 Å². The second-order valence-corrected chi connectivity index (χ2v) is 18.2. The monoisotopic (exact) mass is 1000 g/mol. The number of unbranched alkanes of at least 4 members (excludes halogenated alkanes) is 12. The molecule has 0 heterocycles. The summed E-state index contributed by atoms with van der Waals surface area (Å²) in [4.78, 5) is 79.9. The van der Waals surface area contributed by atoms with E-state index in [0.717, 1.165) is 122 Å². The smallest absolute Gasteiger partial charge is 0.466 e. The van der Waals surface area contributed by atoms with Crippen LogP contribution in [0.15, 0.2) is 0 Å². The van der Waals surface area contributed by atoms with Crippen molar-refractivity contribution in [1.82, 2.24) is 9.80 Å². The highest BCUT2D eigenvalue weighted by Gasteiger charge is 2.21. The minimum Gasteiger partial charge on any atom is -0.466 e. The molecule has 0 bridgehead atoms. The molecular weight excluding hydrogens is 901 g/mol. The highest BCUT2D eigenvalue weighted by atomic mass is 16.7. The van der Waals surface area contributed by atoms with E-state index in [1.807, 2.05) is 4.90 Å². The Morgan fingerprint density at radius 3 is 0.871 bits per heavy atom. The van der Waals surface area contributed by atoms with Gasteiger partial charge >= 0.3 is 36.2 Å². The number of esters is 4. The Hall–Kier alpha value is -3.66. The Morgan fingerprint density at radius 2 is 0.600 bits per heavy atom. The highest BCUT2D eigenvalue weighted by molar-refractivity contribution is 5.70. The van der Waals surface area contributed by atoms with Gasteiger partial charge in [-0.2, -0.15) is 0 Å². The van der Waals surface area contributed by atoms with Crippen LogP contribution >= 0.6 is 0 Å². The van der Waals surface area contributed by atoms with Crippen LogP contribution in [0.1, 0.15) is 221 Å². The van der Waals surface area contributed by atoms with Crippen molar-refractivity contribution in [3.8, 4) is 0 Å². The number of hydrogen-bond donors (Lipinski definition) is 0. The normalized spacial score (nSPS) is 11.3. The van der Waals surface area contributed by atoms with Gasteiger partial charge in [0.25, 0.3) is 0 Å². The highest BCUT2D eigenvalue weighted by Crippen LogP contribution is 2.17. The molecule has 0 N–H and O–H groups in total. The van der Waals surface area contributed by atoms with Gasteiger partial charge in [0.05, 0.1) is 26.4 Å². The van der Waals surface area contributed by atoms with Crippen molar-refractivity contribution in [1.29, 1.82) is 0 Å². The van der Waals surface area contributed by atoms with E-state index in [9.17, 15) is 28.8 Å². The lowest BCUT2D eigenvalue weighted by molar-refractivity contribution is -0.145. The van der Waals surface area contributed by atoms with E-state index < -0.39 is 24.5 Å². The van der Waals surface area contributed by atoms with Crippen molar-refractivity contribution in [2.45, 2.75) is 234 Å². The second-order valence-electron chi connectivity index (χ2n) is 18.2. The van der Waals surface area contributed by atoms with Gasteiger partial charge in [0, 0.05) is 51.9 Å². The molecule has 0 radical (unpaired) electrons. The first-order valence-corrected chi connectivity index (χ1v) is 27.7. The number of nitrogens with zero attached hydrogens (tertiary/aromatic N) is 2. The maximum absolute atomic E-state index is 13.0. The van der Waals surface area contributed by atoms with Crippen LogP contribution in [0.25, 0.3) is 0 Å². The van der Waals surface area contributed by atoms with Crippen LogP contribution in [0.4, 0.5) is 9.59 Å². The molecule has 0 rings (SSSR count). The average Bonchev–Trinajstić information content (AvgIpc) is 3.33. The number of rotatable bonds is 49. The lowest BCUT2D eigenvalue weighted by Crippen LogP contribution is -2.39. The summed E-state index contributed by atoms with van der Waals surface area (Å²) in [6, 6.07) is 0. The van der Waals surface area contributed by atoms with Crippen molar-refractivity contribution in [2.75, 3.05) is 78.9 Å². The van der Waals surface area contributed by atoms with Gasteiger partial charge < -0.3 is 42.8 Å². The second kappa shape index (κ2) is 48.9. The van der Waals surface area contributed by atoms with Crippen molar-refractivity contribution in [2.24, 2.45) is 0 Å². The van der Waals surface area contributed by atoms with E-state index in [2.05, 4.69) is 46.4 Å². The molecule has 0 aliphatic rings. The molecule has 0 spiro atoms. The van der Waals surface area contributed by atoms with Gasteiger partial charge in [-0.05, 0) is 90.1 Å². The molecule has 0 aromatic rings. The average molecular weight is 1000 g/mol. The molecule has 0 atom stereocenters. The molecule has 0 aliphatic carbocycles. The van der Waals surface area contributed by atoms with E-state index in [0.29, 0.717) is 97.4 Å². The van der Waals surface area contributed by atoms with Crippen molar-refractivity contribution >= 4 is 36.2 Å². The maximum Gasteiger partial charge on any atom is 0.508 e. The van der Waals surface area contributed by atoms with Gasteiger partial charge in [-0.15, -0.1) is 0 Å². The molecule has 0 fully saturated rings. The molecule has 16 nitrogen and oxygen atoms in total. The van der Waals surface area contributed by atoms with Crippen LogP contribution in [0.3, 0.4) is 0 Å². The Bertz CT molecular complexity index is 1150. The van der Waals surface area contributed by atoms with E-state index in [4.69, 9.17) is 37.9 Å². The number of carbonyl (C=O) groups excluding carboxylic acids is 6. The molecule has 0 unspecified atom stereocenters.